The van der Waals surface area contributed by atoms with Crippen LogP contribution < -0.4 is 9.30 Å². The van der Waals surface area contributed by atoms with E-state index in [2.05, 4.69) is 236 Å². The number of hydrogen-bond donors (Lipinski definition) is 0. The van der Waals surface area contributed by atoms with E-state index in [4.69, 9.17) is 9.72 Å². The van der Waals surface area contributed by atoms with Gasteiger partial charge in [0.1, 0.15) is 5.82 Å². The first-order valence-electron chi connectivity index (χ1n) is 26.5. The van der Waals surface area contributed by atoms with Crippen LogP contribution in [0, 0.1) is 42.1 Å². The van der Waals surface area contributed by atoms with Gasteiger partial charge >= 0.3 is 0 Å². The fourth-order valence-corrected chi connectivity index (χ4v) is 10.8. The molecule has 0 saturated carbocycles. The van der Waals surface area contributed by atoms with Gasteiger partial charge in [-0.25, -0.2) is 4.98 Å². The summed E-state index contributed by atoms with van der Waals surface area (Å²) in [7, 11) is 0. The first-order chi connectivity index (χ1) is 35.1. The predicted octanol–water partition coefficient (Wildman–Crippen LogP) is 17.0. The predicted molar refractivity (Wildman–Crippen MR) is 304 cm³/mol. The van der Waals surface area contributed by atoms with Crippen molar-refractivity contribution < 1.29 is 30.4 Å². The molecule has 0 aliphatic carbocycles. The topological polar surface area (TPSA) is 35.9 Å². The van der Waals surface area contributed by atoms with Crippen molar-refractivity contribution in [2.75, 3.05) is 0 Å². The van der Waals surface area contributed by atoms with Crippen molar-refractivity contribution in [3.05, 3.63) is 198 Å². The summed E-state index contributed by atoms with van der Waals surface area (Å²) in [4.78, 5) is 4.89. The zero-order valence-electron chi connectivity index (χ0n) is 45.1. The molecule has 3 heterocycles. The molecule has 0 spiro atoms. The van der Waals surface area contributed by atoms with Crippen LogP contribution in [-0.4, -0.2) is 14.1 Å². The van der Waals surface area contributed by atoms with Crippen LogP contribution in [0.25, 0.3) is 72.3 Å². The number of hydrogen-bond acceptors (Lipinski definition) is 2. The Hall–Kier alpha value is -6.55. The summed E-state index contributed by atoms with van der Waals surface area (Å²) in [5, 5.41) is 2.23. The van der Waals surface area contributed by atoms with Crippen LogP contribution in [0.2, 0.25) is 0 Å². The van der Waals surface area contributed by atoms with Crippen LogP contribution in [0.3, 0.4) is 0 Å². The summed E-state index contributed by atoms with van der Waals surface area (Å²) in [5.74, 6) is 4.18. The molecule has 10 aromatic rings. The number of imidazole rings is 1. The van der Waals surface area contributed by atoms with Gasteiger partial charge in [0.25, 0.3) is 6.33 Å². The largest absolute Gasteiger partial charge is 0.510 e. The van der Waals surface area contributed by atoms with Crippen LogP contribution in [0.5, 0.6) is 11.5 Å². The van der Waals surface area contributed by atoms with Crippen LogP contribution in [0.15, 0.2) is 152 Å². The number of rotatable bonds is 15. The Kier molecular flexibility index (Phi) is 15.4. The molecule has 0 unspecified atom stereocenters. The maximum atomic E-state index is 6.75. The van der Waals surface area contributed by atoms with Gasteiger partial charge in [0.05, 0.1) is 16.7 Å². The summed E-state index contributed by atoms with van der Waals surface area (Å²) in [6, 6.07) is 60.5. The molecule has 7 aromatic carbocycles. The molecule has 10 rings (SSSR count). The van der Waals surface area contributed by atoms with E-state index in [1.54, 1.807) is 0 Å². The van der Waals surface area contributed by atoms with Crippen LogP contribution in [0.4, 0.5) is 0 Å². The minimum atomic E-state index is -0.0323. The summed E-state index contributed by atoms with van der Waals surface area (Å²) in [5.41, 5.74) is 17.5. The van der Waals surface area contributed by atoms with E-state index in [-0.39, 0.29) is 26.5 Å². The summed E-state index contributed by atoms with van der Waals surface area (Å²) >= 11 is 0. The van der Waals surface area contributed by atoms with Crippen molar-refractivity contribution in [1.82, 2.24) is 14.1 Å². The van der Waals surface area contributed by atoms with Crippen molar-refractivity contribution in [1.29, 1.82) is 0 Å². The van der Waals surface area contributed by atoms with Crippen molar-refractivity contribution in [2.24, 2.45) is 23.7 Å². The van der Waals surface area contributed by atoms with Crippen molar-refractivity contribution >= 4 is 32.8 Å². The number of fused-ring (bicyclic) bond motifs is 4. The maximum absolute atomic E-state index is 6.75. The van der Waals surface area contributed by atoms with Gasteiger partial charge < -0.3 is 13.9 Å². The quantitative estimate of drug-likeness (QED) is 0.0757. The van der Waals surface area contributed by atoms with Crippen LogP contribution in [0.1, 0.15) is 104 Å². The molecule has 5 nitrogen and oxygen atoms in total. The van der Waals surface area contributed by atoms with Gasteiger partial charge in [-0.15, -0.1) is 29.7 Å². The average Bonchev–Trinajstić information content (AvgIpc) is 3.89. The Morgan fingerprint density at radius 1 is 0.541 bits per heavy atom. The molecule has 0 saturated heterocycles. The number of para-hydroxylation sites is 4. The molecule has 0 aliphatic heterocycles. The second kappa shape index (κ2) is 21.7. The maximum Gasteiger partial charge on any atom is 0.268 e. The Bertz CT molecular complexity index is 3480. The normalized spacial score (nSPS) is 12.0. The molecule has 380 valence electrons. The molecule has 6 heteroatoms. The minimum absolute atomic E-state index is 0. The summed E-state index contributed by atoms with van der Waals surface area (Å²) < 4.78 is 13.4. The van der Waals surface area contributed by atoms with E-state index < -0.39 is 0 Å². The molecular formula is C68H70N4OPt-2. The molecule has 0 radical (unpaired) electrons. The third kappa shape index (κ3) is 11.1. The van der Waals surface area contributed by atoms with Crippen molar-refractivity contribution in [3.8, 4) is 50.9 Å². The van der Waals surface area contributed by atoms with Crippen molar-refractivity contribution in [3.63, 3.8) is 0 Å². The number of aromatic nitrogens is 4. The smallest absolute Gasteiger partial charge is 0.268 e. The molecule has 0 atom stereocenters. The summed E-state index contributed by atoms with van der Waals surface area (Å²) in [6.07, 6.45) is 9.93. The fraction of sp³-hybridized carbons (Fsp3) is 0.294. The SMILES string of the molecule is CC(C)Cc1cc(CC(C)C)cc(-c2cccc(-c3cc(CC(C)C)cc(CC(C)C)c3)c2-[n+]2[c-]n(-c3[c-]c(Oc4[c-]c5c(cc4)c4ccccc4n5-c4cc(C(C)(C)C)ccn4)ccc3)c3ccccc32)c1.[Pt]. The van der Waals surface area contributed by atoms with E-state index in [9.17, 15) is 0 Å². The van der Waals surface area contributed by atoms with Gasteiger partial charge in [0.2, 0.25) is 0 Å². The zero-order valence-corrected chi connectivity index (χ0v) is 47.4. The third-order valence-electron chi connectivity index (χ3n) is 13.7. The first-order valence-corrected chi connectivity index (χ1v) is 26.5. The van der Waals surface area contributed by atoms with Gasteiger partial charge in [-0.05, 0) is 134 Å². The minimum Gasteiger partial charge on any atom is -0.510 e. The van der Waals surface area contributed by atoms with Gasteiger partial charge in [-0.1, -0.05) is 179 Å². The van der Waals surface area contributed by atoms with Crippen molar-refractivity contribution in [2.45, 2.75) is 107 Å². The van der Waals surface area contributed by atoms with Gasteiger partial charge in [-0.2, -0.15) is 18.2 Å². The average molecular weight is 1150 g/mol. The van der Waals surface area contributed by atoms with E-state index in [1.807, 2.05) is 24.4 Å². The number of nitrogens with zero attached hydrogens (tertiary/aromatic N) is 4. The van der Waals surface area contributed by atoms with Gasteiger partial charge in [0, 0.05) is 44.3 Å². The molecule has 74 heavy (non-hydrogen) atoms. The summed E-state index contributed by atoms with van der Waals surface area (Å²) in [6.45, 7) is 25.3. The monoisotopic (exact) mass is 1150 g/mol. The number of pyridine rings is 1. The third-order valence-corrected chi connectivity index (χ3v) is 13.7. The molecule has 0 bridgehead atoms. The second-order valence-corrected chi connectivity index (χ2v) is 23.0. The van der Waals surface area contributed by atoms with E-state index in [1.165, 1.54) is 50.1 Å². The molecule has 3 aromatic heterocycles. The van der Waals surface area contributed by atoms with Gasteiger partial charge in [0.15, 0.2) is 0 Å². The number of benzene rings is 7. The molecular weight excluding hydrogens is 1080 g/mol. The Morgan fingerprint density at radius 3 is 1.66 bits per heavy atom. The first kappa shape index (κ1) is 52.3. The van der Waals surface area contributed by atoms with E-state index >= 15 is 0 Å². The Labute approximate surface area is 454 Å². The van der Waals surface area contributed by atoms with Crippen LogP contribution >= 0.6 is 0 Å². The van der Waals surface area contributed by atoms with Crippen LogP contribution in [-0.2, 0) is 52.2 Å². The molecule has 0 amide bonds. The Balaban J connectivity index is 0.00000672. The van der Waals surface area contributed by atoms with E-state index in [0.29, 0.717) is 35.2 Å². The Morgan fingerprint density at radius 2 is 1.08 bits per heavy atom. The standard InChI is InChI=1S/C68H70N4O.Pt/c1-44(2)30-48-34-49(31-45(3)4)37-52(36-48)58-21-17-22-59(53-38-50(32-46(5)6)35-51(39-53)33-47(7)8)67(58)71-43-70(63-24-14-15-25-64(63)71)55-18-16-19-56(41-55)73-57-26-27-61-60-20-12-13-23-62(60)72(65(61)42-57)66-40-54(28-29-69-66)68(9,10)11;/h12-29,34-40,44-47H,30-33H2,1-11H3;/q-2;. The fourth-order valence-electron chi connectivity index (χ4n) is 10.8. The second-order valence-electron chi connectivity index (χ2n) is 23.0. The van der Waals surface area contributed by atoms with E-state index in [0.717, 1.165) is 75.7 Å². The molecule has 0 aliphatic rings. The zero-order chi connectivity index (χ0) is 51.1. The molecule has 0 N–H and O–H groups in total. The molecule has 0 fully saturated rings. The van der Waals surface area contributed by atoms with Gasteiger partial charge in [-0.3, -0.25) is 4.57 Å². The number of ether oxygens (including phenoxy) is 1.